The van der Waals surface area contributed by atoms with Crippen molar-refractivity contribution in [1.29, 1.82) is 0 Å². The lowest BCUT2D eigenvalue weighted by molar-refractivity contribution is -0.137. The van der Waals surface area contributed by atoms with Crippen LogP contribution in [0.1, 0.15) is 34.9 Å². The Morgan fingerprint density at radius 1 is 1.06 bits per heavy atom. The highest BCUT2D eigenvalue weighted by molar-refractivity contribution is 7.80. The molecule has 0 spiro atoms. The van der Waals surface area contributed by atoms with Gasteiger partial charge in [0.25, 0.3) is 0 Å². The number of imide groups is 1. The number of carbonyl (C=O) groups is 2. The summed E-state index contributed by atoms with van der Waals surface area (Å²) in [6.45, 7) is 5.60. The van der Waals surface area contributed by atoms with Crippen LogP contribution in [-0.4, -0.2) is 58.8 Å². The van der Waals surface area contributed by atoms with Crippen molar-refractivity contribution in [3.8, 4) is 0 Å². The van der Waals surface area contributed by atoms with Crippen LogP contribution in [0.2, 0.25) is 0 Å². The van der Waals surface area contributed by atoms with Crippen molar-refractivity contribution in [3.05, 3.63) is 59.4 Å². The maximum Gasteiger partial charge on any atom is 0.243 e. The number of rotatable bonds is 4. The summed E-state index contributed by atoms with van der Waals surface area (Å²) in [5.41, 5.74) is 5.00. The molecule has 2 aromatic rings. The summed E-state index contributed by atoms with van der Waals surface area (Å²) in [5, 5.41) is 2.36. The first-order valence-electron chi connectivity index (χ1n) is 10.9. The molecule has 0 aliphatic carbocycles. The van der Waals surface area contributed by atoms with Crippen molar-refractivity contribution in [2.75, 3.05) is 31.1 Å². The third-order valence-electron chi connectivity index (χ3n) is 6.65. The minimum atomic E-state index is -0.302. The van der Waals surface area contributed by atoms with Crippen LogP contribution in [0.5, 0.6) is 0 Å². The van der Waals surface area contributed by atoms with E-state index in [1.54, 1.807) is 0 Å². The van der Waals surface area contributed by atoms with Crippen LogP contribution in [0.4, 0.5) is 5.69 Å². The SMILES string of the molecule is O=C1CCC(N2Cc3c(CN4CCN(c5ccncc5)CC4)cccc3C2S)C(=O)N1. The largest absolute Gasteiger partial charge is 0.369 e. The molecule has 8 heteroatoms. The number of aromatic nitrogens is 1. The van der Waals surface area contributed by atoms with Gasteiger partial charge in [-0.25, -0.2) is 0 Å². The van der Waals surface area contributed by atoms with E-state index in [1.807, 2.05) is 12.4 Å². The van der Waals surface area contributed by atoms with Gasteiger partial charge >= 0.3 is 0 Å². The summed E-state index contributed by atoms with van der Waals surface area (Å²) >= 11 is 4.84. The average molecular weight is 438 g/mol. The number of nitrogens with zero attached hydrogens (tertiary/aromatic N) is 4. The van der Waals surface area contributed by atoms with Gasteiger partial charge in [-0.2, -0.15) is 12.6 Å². The Balaban J connectivity index is 1.26. The Labute approximate surface area is 187 Å². The highest BCUT2D eigenvalue weighted by Crippen LogP contribution is 2.40. The zero-order chi connectivity index (χ0) is 21.4. The zero-order valence-electron chi connectivity index (χ0n) is 17.4. The summed E-state index contributed by atoms with van der Waals surface area (Å²) in [5.74, 6) is -0.378. The summed E-state index contributed by atoms with van der Waals surface area (Å²) in [4.78, 5) is 35.1. The van der Waals surface area contributed by atoms with Gasteiger partial charge < -0.3 is 4.90 Å². The van der Waals surface area contributed by atoms with E-state index >= 15 is 0 Å². The Bertz CT molecular complexity index is 977. The number of nitrogens with one attached hydrogen (secondary N) is 1. The van der Waals surface area contributed by atoms with E-state index in [0.29, 0.717) is 19.4 Å². The molecule has 2 fully saturated rings. The first-order valence-corrected chi connectivity index (χ1v) is 11.4. The average Bonchev–Trinajstić information content (AvgIpc) is 3.12. The molecule has 3 aliphatic heterocycles. The van der Waals surface area contributed by atoms with Crippen molar-refractivity contribution < 1.29 is 9.59 Å². The van der Waals surface area contributed by atoms with Gasteiger partial charge in [0, 0.05) is 63.8 Å². The summed E-state index contributed by atoms with van der Waals surface area (Å²) in [6, 6.07) is 10.2. The van der Waals surface area contributed by atoms with Gasteiger partial charge in [-0.15, -0.1) is 0 Å². The fourth-order valence-electron chi connectivity index (χ4n) is 4.92. The number of hydrogen-bond donors (Lipinski definition) is 2. The molecule has 162 valence electrons. The van der Waals surface area contributed by atoms with E-state index in [0.717, 1.165) is 32.7 Å². The van der Waals surface area contributed by atoms with E-state index < -0.39 is 0 Å². The van der Waals surface area contributed by atoms with E-state index in [2.05, 4.69) is 55.3 Å². The minimum Gasteiger partial charge on any atom is -0.369 e. The normalized spacial score (nSPS) is 24.9. The zero-order valence-corrected chi connectivity index (χ0v) is 18.3. The molecule has 1 aromatic carbocycles. The fourth-order valence-corrected chi connectivity index (χ4v) is 5.41. The monoisotopic (exact) mass is 437 g/mol. The lowest BCUT2D eigenvalue weighted by Gasteiger charge is -2.36. The second-order valence-electron chi connectivity index (χ2n) is 8.47. The van der Waals surface area contributed by atoms with Crippen LogP contribution < -0.4 is 10.2 Å². The molecule has 2 amide bonds. The van der Waals surface area contributed by atoms with Gasteiger partial charge in [0.15, 0.2) is 0 Å². The number of fused-ring (bicyclic) bond motifs is 1. The molecule has 3 aliphatic rings. The van der Waals surface area contributed by atoms with Gasteiger partial charge in [0.2, 0.25) is 11.8 Å². The van der Waals surface area contributed by atoms with Crippen molar-refractivity contribution in [3.63, 3.8) is 0 Å². The topological polar surface area (TPSA) is 68.8 Å². The molecule has 0 bridgehead atoms. The van der Waals surface area contributed by atoms with Crippen LogP contribution in [0.25, 0.3) is 0 Å². The first kappa shape index (κ1) is 20.5. The minimum absolute atomic E-state index is 0.123. The third-order valence-corrected chi connectivity index (χ3v) is 7.22. The second kappa shape index (κ2) is 8.61. The fraction of sp³-hybridized carbons (Fsp3) is 0.435. The van der Waals surface area contributed by atoms with Gasteiger partial charge in [0.05, 0.1) is 11.4 Å². The first-order chi connectivity index (χ1) is 15.1. The molecule has 7 nitrogen and oxygen atoms in total. The summed E-state index contributed by atoms with van der Waals surface area (Å²) in [6.07, 6.45) is 4.63. The Kier molecular flexibility index (Phi) is 5.69. The number of carbonyl (C=O) groups excluding carboxylic acids is 2. The van der Waals surface area contributed by atoms with E-state index in [9.17, 15) is 9.59 Å². The predicted molar refractivity (Wildman–Crippen MR) is 122 cm³/mol. The van der Waals surface area contributed by atoms with E-state index in [4.69, 9.17) is 12.6 Å². The molecule has 2 saturated heterocycles. The van der Waals surface area contributed by atoms with Gasteiger partial charge in [-0.1, -0.05) is 18.2 Å². The van der Waals surface area contributed by atoms with E-state index in [1.165, 1.54) is 22.4 Å². The van der Waals surface area contributed by atoms with Crippen LogP contribution in [0.15, 0.2) is 42.7 Å². The summed E-state index contributed by atoms with van der Waals surface area (Å²) < 4.78 is 0. The van der Waals surface area contributed by atoms with Crippen molar-refractivity contribution >= 4 is 30.1 Å². The quantitative estimate of drug-likeness (QED) is 0.563. The molecule has 1 aromatic heterocycles. The van der Waals surface area contributed by atoms with Crippen molar-refractivity contribution in [2.45, 2.75) is 37.3 Å². The van der Waals surface area contributed by atoms with Crippen LogP contribution >= 0.6 is 12.6 Å². The molecule has 0 radical (unpaired) electrons. The Morgan fingerprint density at radius 3 is 2.58 bits per heavy atom. The van der Waals surface area contributed by atoms with Crippen LogP contribution in [0.3, 0.4) is 0 Å². The van der Waals surface area contributed by atoms with E-state index in [-0.39, 0.29) is 23.2 Å². The van der Waals surface area contributed by atoms with Crippen LogP contribution in [-0.2, 0) is 22.7 Å². The third kappa shape index (κ3) is 4.07. The molecular weight excluding hydrogens is 410 g/mol. The van der Waals surface area contributed by atoms with Gasteiger partial charge in [-0.05, 0) is 35.2 Å². The standard InChI is InChI=1S/C23H27N5O2S/c29-21-5-4-20(22(30)25-21)28-15-19-16(2-1-3-18(19)23(28)31)14-26-10-12-27(13-11-26)17-6-8-24-9-7-17/h1-3,6-9,20,23,31H,4-5,10-15H2,(H,25,29,30). The molecule has 31 heavy (non-hydrogen) atoms. The molecular formula is C23H27N5O2S. The van der Waals surface area contributed by atoms with Crippen molar-refractivity contribution in [1.82, 2.24) is 20.1 Å². The highest BCUT2D eigenvalue weighted by Gasteiger charge is 2.39. The molecule has 0 saturated carbocycles. The maximum atomic E-state index is 12.4. The number of benzene rings is 1. The number of pyridine rings is 1. The number of anilines is 1. The Morgan fingerprint density at radius 2 is 1.84 bits per heavy atom. The number of piperidine rings is 1. The second-order valence-corrected chi connectivity index (χ2v) is 8.96. The smallest absolute Gasteiger partial charge is 0.243 e. The number of thiol groups is 1. The van der Waals surface area contributed by atoms with Gasteiger partial charge in [-0.3, -0.25) is 29.7 Å². The molecule has 2 atom stereocenters. The molecule has 4 heterocycles. The number of hydrogen-bond acceptors (Lipinski definition) is 7. The summed E-state index contributed by atoms with van der Waals surface area (Å²) in [7, 11) is 0. The molecule has 1 N–H and O–H groups in total. The Hall–Kier alpha value is -2.42. The molecule has 2 unspecified atom stereocenters. The number of amides is 2. The molecule has 5 rings (SSSR count). The predicted octanol–water partition coefficient (Wildman–Crippen LogP) is 1.95. The number of piperazine rings is 1. The lowest BCUT2D eigenvalue weighted by Crippen LogP contribution is -2.51. The van der Waals surface area contributed by atoms with Crippen LogP contribution in [0, 0.1) is 0 Å². The maximum absolute atomic E-state index is 12.4. The highest BCUT2D eigenvalue weighted by atomic mass is 32.1. The van der Waals surface area contributed by atoms with Crippen molar-refractivity contribution in [2.24, 2.45) is 0 Å². The lowest BCUT2D eigenvalue weighted by atomic mass is 10.0. The van der Waals surface area contributed by atoms with Gasteiger partial charge in [0.1, 0.15) is 0 Å².